The first-order valence-electron chi connectivity index (χ1n) is 9.08. The van der Waals surface area contributed by atoms with Crippen molar-refractivity contribution in [1.29, 1.82) is 0 Å². The lowest BCUT2D eigenvalue weighted by Gasteiger charge is -2.26. The van der Waals surface area contributed by atoms with Gasteiger partial charge in [-0.15, -0.1) is 0 Å². The second kappa shape index (κ2) is 8.06. The molecule has 0 aromatic heterocycles. The molecule has 6 heteroatoms. The summed E-state index contributed by atoms with van der Waals surface area (Å²) < 4.78 is 18.7. The van der Waals surface area contributed by atoms with Crippen molar-refractivity contribution >= 4 is 5.91 Å². The summed E-state index contributed by atoms with van der Waals surface area (Å²) in [6.07, 6.45) is 0. The van der Waals surface area contributed by atoms with Crippen LogP contribution in [-0.4, -0.2) is 26.1 Å². The SMILES string of the molecule is COc1ccc(C2NNCC2CNC(=O)C(C)(C)c2cccc(F)c2)cc1. The van der Waals surface area contributed by atoms with Crippen LogP contribution in [0.2, 0.25) is 0 Å². The molecule has 3 rings (SSSR count). The van der Waals surface area contributed by atoms with Crippen molar-refractivity contribution in [2.75, 3.05) is 20.2 Å². The Labute approximate surface area is 159 Å². The van der Waals surface area contributed by atoms with Gasteiger partial charge in [0, 0.05) is 19.0 Å². The lowest BCUT2D eigenvalue weighted by molar-refractivity contribution is -0.125. The highest BCUT2D eigenvalue weighted by Crippen LogP contribution is 2.27. The number of rotatable bonds is 6. The zero-order chi connectivity index (χ0) is 19.4. The van der Waals surface area contributed by atoms with E-state index in [2.05, 4.69) is 16.2 Å². The van der Waals surface area contributed by atoms with Crippen LogP contribution in [0.1, 0.15) is 31.0 Å². The molecule has 2 unspecified atom stereocenters. The molecular formula is C21H26FN3O2. The van der Waals surface area contributed by atoms with E-state index in [0.29, 0.717) is 12.1 Å². The monoisotopic (exact) mass is 371 g/mol. The summed E-state index contributed by atoms with van der Waals surface area (Å²) in [4.78, 5) is 12.8. The zero-order valence-corrected chi connectivity index (χ0v) is 15.9. The number of hydrazine groups is 1. The van der Waals surface area contributed by atoms with Crippen LogP contribution >= 0.6 is 0 Å². The Kier molecular flexibility index (Phi) is 5.77. The molecule has 1 saturated heterocycles. The molecule has 3 N–H and O–H groups in total. The quantitative estimate of drug-likeness (QED) is 0.731. The Balaban J connectivity index is 1.65. The van der Waals surface area contributed by atoms with E-state index in [1.165, 1.54) is 12.1 Å². The molecule has 1 fully saturated rings. The van der Waals surface area contributed by atoms with Crippen molar-refractivity contribution < 1.29 is 13.9 Å². The van der Waals surface area contributed by atoms with Crippen LogP contribution < -0.4 is 20.9 Å². The number of hydrogen-bond acceptors (Lipinski definition) is 4. The highest BCUT2D eigenvalue weighted by molar-refractivity contribution is 5.87. The molecule has 1 amide bonds. The molecule has 2 aromatic carbocycles. The molecule has 5 nitrogen and oxygen atoms in total. The summed E-state index contributed by atoms with van der Waals surface area (Å²) in [6.45, 7) is 4.89. The number of hydrogen-bond donors (Lipinski definition) is 3. The summed E-state index contributed by atoms with van der Waals surface area (Å²) in [6, 6.07) is 14.2. The van der Waals surface area contributed by atoms with Crippen LogP contribution in [0.4, 0.5) is 4.39 Å². The predicted molar refractivity (Wildman–Crippen MR) is 103 cm³/mol. The topological polar surface area (TPSA) is 62.4 Å². The number of carbonyl (C=O) groups excluding carboxylic acids is 1. The van der Waals surface area contributed by atoms with Gasteiger partial charge in [-0.05, 0) is 49.2 Å². The van der Waals surface area contributed by atoms with Crippen LogP contribution in [0, 0.1) is 11.7 Å². The van der Waals surface area contributed by atoms with Crippen LogP contribution in [0.15, 0.2) is 48.5 Å². The summed E-state index contributed by atoms with van der Waals surface area (Å²) in [5.74, 6) is 0.558. The highest BCUT2D eigenvalue weighted by Gasteiger charge is 2.33. The van der Waals surface area contributed by atoms with Crippen molar-refractivity contribution in [2.45, 2.75) is 25.3 Å². The molecule has 0 aliphatic carbocycles. The Hall–Kier alpha value is -2.44. The third-order valence-electron chi connectivity index (χ3n) is 5.21. The van der Waals surface area contributed by atoms with Gasteiger partial charge in [-0.2, -0.15) is 0 Å². The number of carbonyl (C=O) groups is 1. The van der Waals surface area contributed by atoms with E-state index in [-0.39, 0.29) is 23.7 Å². The lowest BCUT2D eigenvalue weighted by atomic mass is 9.83. The molecule has 0 saturated carbocycles. The predicted octanol–water partition coefficient (Wildman–Crippen LogP) is 2.69. The first-order chi connectivity index (χ1) is 12.9. The van der Waals surface area contributed by atoms with Gasteiger partial charge in [0.2, 0.25) is 5.91 Å². The van der Waals surface area contributed by atoms with Gasteiger partial charge in [-0.3, -0.25) is 10.2 Å². The van der Waals surface area contributed by atoms with E-state index in [0.717, 1.165) is 17.9 Å². The van der Waals surface area contributed by atoms with Crippen LogP contribution in [0.25, 0.3) is 0 Å². The summed E-state index contributed by atoms with van der Waals surface area (Å²) in [5.41, 5.74) is 7.42. The lowest BCUT2D eigenvalue weighted by Crippen LogP contribution is -2.43. The number of halogens is 1. The number of benzene rings is 2. The molecular weight excluding hydrogens is 345 g/mol. The Bertz CT molecular complexity index is 792. The number of methoxy groups -OCH3 is 1. The summed E-state index contributed by atoms with van der Waals surface area (Å²) in [7, 11) is 1.64. The smallest absolute Gasteiger partial charge is 0.230 e. The largest absolute Gasteiger partial charge is 0.497 e. The maximum atomic E-state index is 13.5. The van der Waals surface area contributed by atoms with Crippen LogP contribution in [0.3, 0.4) is 0 Å². The van der Waals surface area contributed by atoms with E-state index in [4.69, 9.17) is 4.74 Å². The average molecular weight is 371 g/mol. The van der Waals surface area contributed by atoms with Gasteiger partial charge in [0.25, 0.3) is 0 Å². The second-order valence-corrected chi connectivity index (χ2v) is 7.38. The van der Waals surface area contributed by atoms with E-state index in [1.807, 2.05) is 38.1 Å². The van der Waals surface area contributed by atoms with Gasteiger partial charge in [-0.1, -0.05) is 24.3 Å². The van der Waals surface area contributed by atoms with E-state index >= 15 is 0 Å². The first kappa shape index (κ1) is 19.3. The number of nitrogens with one attached hydrogen (secondary N) is 3. The van der Waals surface area contributed by atoms with Crippen LogP contribution in [0.5, 0.6) is 5.75 Å². The molecule has 0 spiro atoms. The molecule has 0 bridgehead atoms. The third-order valence-corrected chi connectivity index (χ3v) is 5.21. The molecule has 2 aromatic rings. The van der Waals surface area contributed by atoms with Crippen molar-refractivity contribution in [2.24, 2.45) is 5.92 Å². The van der Waals surface area contributed by atoms with Gasteiger partial charge in [0.15, 0.2) is 0 Å². The minimum Gasteiger partial charge on any atom is -0.497 e. The second-order valence-electron chi connectivity index (χ2n) is 7.38. The minimum atomic E-state index is -0.808. The Morgan fingerprint density at radius 2 is 2.00 bits per heavy atom. The molecule has 27 heavy (non-hydrogen) atoms. The normalized spacial score (nSPS) is 19.7. The Morgan fingerprint density at radius 1 is 1.26 bits per heavy atom. The van der Waals surface area contributed by atoms with Gasteiger partial charge in [0.1, 0.15) is 11.6 Å². The molecule has 1 heterocycles. The standard InChI is InChI=1S/C21H26FN3O2/c1-21(2,16-5-4-6-17(22)11-16)20(26)23-12-15-13-24-25-19(15)14-7-9-18(27-3)10-8-14/h4-11,15,19,24-25H,12-13H2,1-3H3,(H,23,26). The van der Waals surface area contributed by atoms with Crippen molar-refractivity contribution in [3.63, 3.8) is 0 Å². The highest BCUT2D eigenvalue weighted by atomic mass is 19.1. The summed E-state index contributed by atoms with van der Waals surface area (Å²) in [5, 5.41) is 3.04. The zero-order valence-electron chi connectivity index (χ0n) is 15.9. The fourth-order valence-corrected chi connectivity index (χ4v) is 3.35. The minimum absolute atomic E-state index is 0.0912. The van der Waals surface area contributed by atoms with E-state index < -0.39 is 5.41 Å². The third kappa shape index (κ3) is 4.28. The summed E-state index contributed by atoms with van der Waals surface area (Å²) >= 11 is 0. The number of ether oxygens (including phenoxy) is 1. The van der Waals surface area contributed by atoms with Gasteiger partial charge >= 0.3 is 0 Å². The fraction of sp³-hybridized carbons (Fsp3) is 0.381. The molecule has 0 radical (unpaired) electrons. The van der Waals surface area contributed by atoms with Crippen LogP contribution in [-0.2, 0) is 10.2 Å². The molecule has 1 aliphatic heterocycles. The van der Waals surface area contributed by atoms with Gasteiger partial charge < -0.3 is 10.1 Å². The molecule has 2 atom stereocenters. The average Bonchev–Trinajstić information content (AvgIpc) is 3.14. The maximum Gasteiger partial charge on any atom is 0.230 e. The molecule has 144 valence electrons. The first-order valence-corrected chi connectivity index (χ1v) is 9.08. The van der Waals surface area contributed by atoms with Crippen molar-refractivity contribution in [3.05, 3.63) is 65.5 Å². The molecule has 1 aliphatic rings. The van der Waals surface area contributed by atoms with E-state index in [1.54, 1.807) is 19.2 Å². The van der Waals surface area contributed by atoms with Crippen molar-refractivity contribution in [3.8, 4) is 5.75 Å². The Morgan fingerprint density at radius 3 is 2.67 bits per heavy atom. The van der Waals surface area contributed by atoms with Crippen molar-refractivity contribution in [1.82, 2.24) is 16.2 Å². The fourth-order valence-electron chi connectivity index (χ4n) is 3.35. The number of amides is 1. The van der Waals surface area contributed by atoms with Gasteiger partial charge in [0.05, 0.1) is 18.6 Å². The van der Waals surface area contributed by atoms with E-state index in [9.17, 15) is 9.18 Å². The maximum absolute atomic E-state index is 13.5. The van der Waals surface area contributed by atoms with Gasteiger partial charge in [-0.25, -0.2) is 9.82 Å².